The van der Waals surface area contributed by atoms with Crippen LogP contribution in [0, 0.1) is 0 Å². The highest BCUT2D eigenvalue weighted by molar-refractivity contribution is 7.98. The Morgan fingerprint density at radius 3 is 2.32 bits per heavy atom. The first-order chi connectivity index (χ1) is 13.4. The molecule has 0 spiro atoms. The number of carbonyl (C=O) groups is 2. The van der Waals surface area contributed by atoms with Gasteiger partial charge in [-0.2, -0.15) is 0 Å². The van der Waals surface area contributed by atoms with Gasteiger partial charge in [0.2, 0.25) is 0 Å². The predicted molar refractivity (Wildman–Crippen MR) is 116 cm³/mol. The maximum absolute atomic E-state index is 12.3. The summed E-state index contributed by atoms with van der Waals surface area (Å²) >= 11 is 1.59. The van der Waals surface area contributed by atoms with Crippen molar-refractivity contribution >= 4 is 29.3 Å². The number of likely N-dealkylation sites (N-methyl/N-ethyl adjacent to an activating group) is 1. The predicted octanol–water partition coefficient (Wildman–Crippen LogP) is 2.30. The van der Waals surface area contributed by atoms with Gasteiger partial charge in [0.05, 0.1) is 18.8 Å². The SMILES string of the molecule is CCc1ccc([C@@H](C)NC(=O)C[NH+](C)CC(=O)Nc2ccccc2SC)cc1. The Balaban J connectivity index is 1.81. The van der Waals surface area contributed by atoms with Gasteiger partial charge in [0.1, 0.15) is 0 Å². The number of para-hydroxylation sites is 1. The minimum absolute atomic E-state index is 0.0616. The summed E-state index contributed by atoms with van der Waals surface area (Å²) in [7, 11) is 1.85. The molecule has 6 heteroatoms. The number of rotatable bonds is 9. The van der Waals surface area contributed by atoms with Gasteiger partial charge in [-0.1, -0.05) is 43.3 Å². The highest BCUT2D eigenvalue weighted by Gasteiger charge is 2.17. The van der Waals surface area contributed by atoms with E-state index >= 15 is 0 Å². The zero-order valence-electron chi connectivity index (χ0n) is 17.0. The van der Waals surface area contributed by atoms with Gasteiger partial charge in [0.25, 0.3) is 11.8 Å². The number of amides is 2. The quantitative estimate of drug-likeness (QED) is 0.566. The van der Waals surface area contributed by atoms with Crippen molar-refractivity contribution in [3.05, 3.63) is 59.7 Å². The lowest BCUT2D eigenvalue weighted by Crippen LogP contribution is -3.11. The molecule has 2 rings (SSSR count). The molecule has 28 heavy (non-hydrogen) atoms. The van der Waals surface area contributed by atoms with Gasteiger partial charge in [0, 0.05) is 4.90 Å². The van der Waals surface area contributed by atoms with Crippen molar-refractivity contribution in [2.75, 3.05) is 31.7 Å². The molecule has 1 unspecified atom stereocenters. The molecule has 0 fully saturated rings. The van der Waals surface area contributed by atoms with E-state index < -0.39 is 0 Å². The highest BCUT2D eigenvalue weighted by Crippen LogP contribution is 2.24. The molecular formula is C22H30N3O2S+. The van der Waals surface area contributed by atoms with Crippen molar-refractivity contribution < 1.29 is 14.5 Å². The third-order valence-electron chi connectivity index (χ3n) is 4.57. The third kappa shape index (κ3) is 6.69. The number of quaternary nitrogens is 1. The lowest BCUT2D eigenvalue weighted by atomic mass is 10.1. The molecule has 0 saturated carbocycles. The van der Waals surface area contributed by atoms with Gasteiger partial charge in [-0.15, -0.1) is 11.8 Å². The second kappa shape index (κ2) is 10.9. The average molecular weight is 401 g/mol. The summed E-state index contributed by atoms with van der Waals surface area (Å²) in [4.78, 5) is 26.5. The maximum Gasteiger partial charge on any atom is 0.279 e. The van der Waals surface area contributed by atoms with E-state index in [9.17, 15) is 9.59 Å². The molecule has 150 valence electrons. The smallest absolute Gasteiger partial charge is 0.279 e. The Morgan fingerprint density at radius 2 is 1.68 bits per heavy atom. The fraction of sp³-hybridized carbons (Fsp3) is 0.364. The molecule has 0 aromatic heterocycles. The molecule has 0 aliphatic heterocycles. The van der Waals surface area contributed by atoms with Gasteiger partial charge >= 0.3 is 0 Å². The van der Waals surface area contributed by atoms with Crippen LogP contribution in [-0.2, 0) is 16.0 Å². The van der Waals surface area contributed by atoms with Crippen molar-refractivity contribution in [2.24, 2.45) is 0 Å². The zero-order chi connectivity index (χ0) is 20.5. The average Bonchev–Trinajstić information content (AvgIpc) is 2.68. The van der Waals surface area contributed by atoms with E-state index in [-0.39, 0.29) is 30.9 Å². The van der Waals surface area contributed by atoms with Gasteiger partial charge < -0.3 is 15.5 Å². The summed E-state index contributed by atoms with van der Waals surface area (Å²) in [5, 5.41) is 5.94. The third-order valence-corrected chi connectivity index (χ3v) is 5.37. The van der Waals surface area contributed by atoms with Crippen LogP contribution in [0.25, 0.3) is 0 Å². The Bertz CT molecular complexity index is 793. The van der Waals surface area contributed by atoms with E-state index in [2.05, 4.69) is 41.8 Å². The van der Waals surface area contributed by atoms with Crippen molar-refractivity contribution in [1.29, 1.82) is 0 Å². The van der Waals surface area contributed by atoms with Crippen LogP contribution in [0.5, 0.6) is 0 Å². The summed E-state index contributed by atoms with van der Waals surface area (Å²) in [6.45, 7) is 4.57. The molecule has 2 amide bonds. The number of benzene rings is 2. The molecule has 0 aliphatic carbocycles. The van der Waals surface area contributed by atoms with E-state index in [4.69, 9.17) is 0 Å². The second-order valence-corrected chi connectivity index (χ2v) is 7.79. The topological polar surface area (TPSA) is 62.6 Å². The molecular weight excluding hydrogens is 370 g/mol. The molecule has 3 N–H and O–H groups in total. The van der Waals surface area contributed by atoms with Crippen LogP contribution in [0.4, 0.5) is 5.69 Å². The molecule has 2 aromatic rings. The van der Waals surface area contributed by atoms with Crippen LogP contribution < -0.4 is 15.5 Å². The molecule has 0 saturated heterocycles. The van der Waals surface area contributed by atoms with Gasteiger partial charge in [-0.25, -0.2) is 0 Å². The van der Waals surface area contributed by atoms with E-state index in [0.29, 0.717) is 0 Å². The van der Waals surface area contributed by atoms with Gasteiger partial charge in [-0.05, 0) is 42.9 Å². The Morgan fingerprint density at radius 1 is 1.04 bits per heavy atom. The molecule has 0 bridgehead atoms. The first-order valence-electron chi connectivity index (χ1n) is 9.55. The maximum atomic E-state index is 12.3. The van der Waals surface area contributed by atoms with Crippen molar-refractivity contribution in [3.63, 3.8) is 0 Å². The van der Waals surface area contributed by atoms with Crippen molar-refractivity contribution in [2.45, 2.75) is 31.2 Å². The van der Waals surface area contributed by atoms with Gasteiger partial charge in [-0.3, -0.25) is 9.59 Å². The second-order valence-electron chi connectivity index (χ2n) is 6.94. The number of hydrogen-bond donors (Lipinski definition) is 3. The number of thioether (sulfide) groups is 1. The molecule has 5 nitrogen and oxygen atoms in total. The van der Waals surface area contributed by atoms with Crippen LogP contribution in [0.2, 0.25) is 0 Å². The largest absolute Gasteiger partial charge is 0.345 e. The first kappa shape index (κ1) is 22.0. The Hall–Kier alpha value is -2.31. The van der Waals surface area contributed by atoms with E-state index in [1.165, 1.54) is 5.56 Å². The van der Waals surface area contributed by atoms with Crippen LogP contribution in [0.3, 0.4) is 0 Å². The molecule has 0 heterocycles. The lowest BCUT2D eigenvalue weighted by molar-refractivity contribution is -0.862. The summed E-state index contributed by atoms with van der Waals surface area (Å²) in [6, 6.07) is 15.9. The van der Waals surface area contributed by atoms with Gasteiger partial charge in [0.15, 0.2) is 13.1 Å². The number of nitrogens with one attached hydrogen (secondary N) is 3. The fourth-order valence-corrected chi connectivity index (χ4v) is 3.52. The standard InChI is InChI=1S/C22H29N3O2S/c1-5-17-10-12-18(13-11-17)16(2)23-21(26)14-25(3)15-22(27)24-19-8-6-7-9-20(19)28-4/h6-13,16H,5,14-15H2,1-4H3,(H,23,26)(H,24,27)/p+1/t16-/m1/s1. The molecule has 0 aliphatic rings. The summed E-state index contributed by atoms with van der Waals surface area (Å²) in [5.74, 6) is -0.170. The number of hydrogen-bond acceptors (Lipinski definition) is 3. The van der Waals surface area contributed by atoms with Crippen LogP contribution in [0.15, 0.2) is 53.4 Å². The minimum atomic E-state index is -0.102. The number of carbonyl (C=O) groups excluding carboxylic acids is 2. The highest BCUT2D eigenvalue weighted by atomic mass is 32.2. The zero-order valence-corrected chi connectivity index (χ0v) is 17.9. The monoisotopic (exact) mass is 400 g/mol. The Labute approximate surface area is 171 Å². The normalized spacial score (nSPS) is 12.9. The minimum Gasteiger partial charge on any atom is -0.345 e. The molecule has 2 aromatic carbocycles. The summed E-state index contributed by atoms with van der Waals surface area (Å²) in [6.07, 6.45) is 2.97. The lowest BCUT2D eigenvalue weighted by Gasteiger charge is -2.18. The van der Waals surface area contributed by atoms with Crippen LogP contribution in [0.1, 0.15) is 31.0 Å². The number of anilines is 1. The molecule has 2 atom stereocenters. The number of aryl methyl sites for hydroxylation is 1. The van der Waals surface area contributed by atoms with Crippen LogP contribution in [-0.4, -0.2) is 38.2 Å². The van der Waals surface area contributed by atoms with E-state index in [1.54, 1.807) is 11.8 Å². The van der Waals surface area contributed by atoms with Crippen molar-refractivity contribution in [1.82, 2.24) is 5.32 Å². The summed E-state index contributed by atoms with van der Waals surface area (Å²) < 4.78 is 0. The van der Waals surface area contributed by atoms with E-state index in [1.807, 2.05) is 44.5 Å². The Kier molecular flexibility index (Phi) is 8.54. The van der Waals surface area contributed by atoms with E-state index in [0.717, 1.165) is 27.5 Å². The van der Waals surface area contributed by atoms with Crippen molar-refractivity contribution in [3.8, 4) is 0 Å². The summed E-state index contributed by atoms with van der Waals surface area (Å²) in [5.41, 5.74) is 3.16. The van der Waals surface area contributed by atoms with Crippen LogP contribution >= 0.6 is 11.8 Å². The first-order valence-corrected chi connectivity index (χ1v) is 10.8. The molecule has 0 radical (unpaired) electrons. The fourth-order valence-electron chi connectivity index (χ4n) is 2.97.